The van der Waals surface area contributed by atoms with Gasteiger partial charge in [-0.3, -0.25) is 0 Å². The second-order valence-electron chi connectivity index (χ2n) is 5.26. The smallest absolute Gasteiger partial charge is 0.0720 e. The van der Waals surface area contributed by atoms with Crippen LogP contribution >= 0.6 is 0 Å². The lowest BCUT2D eigenvalue weighted by molar-refractivity contribution is -0.00810. The van der Waals surface area contributed by atoms with Gasteiger partial charge in [-0.25, -0.2) is 0 Å². The predicted molar refractivity (Wildman–Crippen MR) is 76.4 cm³/mol. The molecule has 0 unspecified atom stereocenters. The number of benzene rings is 1. The highest BCUT2D eigenvalue weighted by Crippen LogP contribution is 2.30. The normalized spacial score (nSPS) is 18.4. The molecule has 0 saturated heterocycles. The SMILES string of the molecule is C=CC[C@H](OCc1ccccc1)C1CCCCC1. The van der Waals surface area contributed by atoms with Crippen LogP contribution in [0.5, 0.6) is 0 Å². The molecular weight excluding hydrogens is 220 g/mol. The Labute approximate surface area is 111 Å². The highest BCUT2D eigenvalue weighted by molar-refractivity contribution is 5.13. The molecule has 18 heavy (non-hydrogen) atoms. The molecule has 1 fully saturated rings. The molecule has 0 aliphatic heterocycles. The van der Waals surface area contributed by atoms with Crippen molar-refractivity contribution in [3.8, 4) is 0 Å². The molecule has 1 heteroatoms. The van der Waals surface area contributed by atoms with Gasteiger partial charge in [0.2, 0.25) is 0 Å². The maximum absolute atomic E-state index is 6.14. The Morgan fingerprint density at radius 2 is 1.89 bits per heavy atom. The first-order valence-corrected chi connectivity index (χ1v) is 7.16. The predicted octanol–water partition coefficient (Wildman–Crippen LogP) is 4.73. The summed E-state index contributed by atoms with van der Waals surface area (Å²) in [5.74, 6) is 0.737. The van der Waals surface area contributed by atoms with Crippen LogP contribution in [0.4, 0.5) is 0 Å². The minimum atomic E-state index is 0.364. The lowest BCUT2D eigenvalue weighted by atomic mass is 9.84. The summed E-state index contributed by atoms with van der Waals surface area (Å²) in [7, 11) is 0. The first-order chi connectivity index (χ1) is 8.90. The standard InChI is InChI=1S/C17H24O/c1-2-9-17(16-12-7-4-8-13-16)18-14-15-10-5-3-6-11-15/h2-3,5-6,10-11,16-17H,1,4,7-9,12-14H2/t17-/m0/s1. The quantitative estimate of drug-likeness (QED) is 0.657. The number of hydrogen-bond donors (Lipinski definition) is 0. The monoisotopic (exact) mass is 244 g/mol. The van der Waals surface area contributed by atoms with E-state index in [1.807, 2.05) is 12.1 Å². The zero-order valence-corrected chi connectivity index (χ0v) is 11.2. The Morgan fingerprint density at radius 1 is 1.17 bits per heavy atom. The van der Waals surface area contributed by atoms with Crippen molar-refractivity contribution in [2.75, 3.05) is 0 Å². The highest BCUT2D eigenvalue weighted by Gasteiger charge is 2.23. The largest absolute Gasteiger partial charge is 0.373 e. The molecule has 0 amide bonds. The molecule has 0 bridgehead atoms. The fraction of sp³-hybridized carbons (Fsp3) is 0.529. The summed E-state index contributed by atoms with van der Waals surface area (Å²) in [6.07, 6.45) is 10.1. The van der Waals surface area contributed by atoms with E-state index in [1.54, 1.807) is 0 Å². The average Bonchev–Trinajstić information content (AvgIpc) is 2.45. The third kappa shape index (κ3) is 3.99. The first kappa shape index (κ1) is 13.4. The third-order valence-electron chi connectivity index (χ3n) is 3.88. The molecule has 1 atom stereocenters. The van der Waals surface area contributed by atoms with Gasteiger partial charge in [-0.15, -0.1) is 6.58 Å². The number of hydrogen-bond acceptors (Lipinski definition) is 1. The van der Waals surface area contributed by atoms with Crippen LogP contribution in [-0.4, -0.2) is 6.10 Å². The van der Waals surface area contributed by atoms with Gasteiger partial charge in [0.25, 0.3) is 0 Å². The molecule has 0 aromatic heterocycles. The first-order valence-electron chi connectivity index (χ1n) is 7.16. The molecule has 1 aromatic rings. The van der Waals surface area contributed by atoms with E-state index in [-0.39, 0.29) is 0 Å². The molecule has 1 saturated carbocycles. The lowest BCUT2D eigenvalue weighted by Gasteiger charge is -2.29. The Hall–Kier alpha value is -1.08. The summed E-state index contributed by atoms with van der Waals surface area (Å²) in [5, 5.41) is 0. The topological polar surface area (TPSA) is 9.23 Å². The van der Waals surface area contributed by atoms with Crippen LogP contribution in [0, 0.1) is 5.92 Å². The van der Waals surface area contributed by atoms with Crippen molar-refractivity contribution in [1.82, 2.24) is 0 Å². The summed E-state index contributed by atoms with van der Waals surface area (Å²) in [5.41, 5.74) is 1.27. The lowest BCUT2D eigenvalue weighted by Crippen LogP contribution is -2.25. The molecule has 0 heterocycles. The summed E-state index contributed by atoms with van der Waals surface area (Å²) in [4.78, 5) is 0. The maximum atomic E-state index is 6.14. The summed E-state index contributed by atoms with van der Waals surface area (Å²) < 4.78 is 6.14. The van der Waals surface area contributed by atoms with Gasteiger partial charge in [0.15, 0.2) is 0 Å². The van der Waals surface area contributed by atoms with Gasteiger partial charge >= 0.3 is 0 Å². The average molecular weight is 244 g/mol. The number of ether oxygens (including phenoxy) is 1. The van der Waals surface area contributed by atoms with E-state index >= 15 is 0 Å². The fourth-order valence-corrected chi connectivity index (χ4v) is 2.84. The van der Waals surface area contributed by atoms with Crippen LogP contribution < -0.4 is 0 Å². The van der Waals surface area contributed by atoms with E-state index in [0.29, 0.717) is 6.10 Å². The van der Waals surface area contributed by atoms with Crippen LogP contribution in [0.3, 0.4) is 0 Å². The fourth-order valence-electron chi connectivity index (χ4n) is 2.84. The Morgan fingerprint density at radius 3 is 2.56 bits per heavy atom. The Bertz CT molecular complexity index is 338. The van der Waals surface area contributed by atoms with Crippen molar-refractivity contribution in [3.05, 3.63) is 48.6 Å². The van der Waals surface area contributed by atoms with Crippen molar-refractivity contribution in [1.29, 1.82) is 0 Å². The van der Waals surface area contributed by atoms with Gasteiger partial charge in [0.1, 0.15) is 0 Å². The molecule has 0 spiro atoms. The van der Waals surface area contributed by atoms with Gasteiger partial charge < -0.3 is 4.74 Å². The van der Waals surface area contributed by atoms with Gasteiger partial charge in [-0.2, -0.15) is 0 Å². The second kappa shape index (κ2) is 7.38. The van der Waals surface area contributed by atoms with Crippen molar-refractivity contribution in [2.24, 2.45) is 5.92 Å². The van der Waals surface area contributed by atoms with Crippen LogP contribution in [0.25, 0.3) is 0 Å². The van der Waals surface area contributed by atoms with Crippen LogP contribution in [0.1, 0.15) is 44.1 Å². The van der Waals surface area contributed by atoms with Crippen molar-refractivity contribution >= 4 is 0 Å². The molecule has 1 aliphatic rings. The molecule has 1 aliphatic carbocycles. The highest BCUT2D eigenvalue weighted by atomic mass is 16.5. The molecule has 0 radical (unpaired) electrons. The van der Waals surface area contributed by atoms with Gasteiger partial charge in [0, 0.05) is 0 Å². The molecular formula is C17H24O. The molecule has 98 valence electrons. The molecule has 0 N–H and O–H groups in total. The van der Waals surface area contributed by atoms with Crippen molar-refractivity contribution in [2.45, 2.75) is 51.2 Å². The summed E-state index contributed by atoms with van der Waals surface area (Å²) >= 11 is 0. The van der Waals surface area contributed by atoms with E-state index in [4.69, 9.17) is 4.74 Å². The summed E-state index contributed by atoms with van der Waals surface area (Å²) in [6.45, 7) is 4.60. The van der Waals surface area contributed by atoms with Crippen LogP contribution in [0.2, 0.25) is 0 Å². The van der Waals surface area contributed by atoms with E-state index in [2.05, 4.69) is 30.8 Å². The minimum absolute atomic E-state index is 0.364. The van der Waals surface area contributed by atoms with E-state index in [9.17, 15) is 0 Å². The number of rotatable bonds is 6. The van der Waals surface area contributed by atoms with E-state index < -0.39 is 0 Å². The third-order valence-corrected chi connectivity index (χ3v) is 3.88. The zero-order chi connectivity index (χ0) is 12.6. The zero-order valence-electron chi connectivity index (χ0n) is 11.2. The van der Waals surface area contributed by atoms with Gasteiger partial charge in [-0.05, 0) is 30.7 Å². The van der Waals surface area contributed by atoms with Gasteiger partial charge in [0.05, 0.1) is 12.7 Å². The minimum Gasteiger partial charge on any atom is -0.373 e. The molecule has 1 aromatic carbocycles. The maximum Gasteiger partial charge on any atom is 0.0720 e. The van der Waals surface area contributed by atoms with Crippen LogP contribution in [0.15, 0.2) is 43.0 Å². The molecule has 2 rings (SSSR count). The second-order valence-corrected chi connectivity index (χ2v) is 5.26. The van der Waals surface area contributed by atoms with Crippen molar-refractivity contribution < 1.29 is 4.74 Å². The molecule has 1 nitrogen and oxygen atoms in total. The van der Waals surface area contributed by atoms with Crippen molar-refractivity contribution in [3.63, 3.8) is 0 Å². The van der Waals surface area contributed by atoms with Gasteiger partial charge in [-0.1, -0.05) is 55.7 Å². The Kier molecular flexibility index (Phi) is 5.47. The van der Waals surface area contributed by atoms with E-state index in [0.717, 1.165) is 18.9 Å². The summed E-state index contributed by atoms with van der Waals surface area (Å²) in [6, 6.07) is 10.5. The Balaban J connectivity index is 1.87. The van der Waals surface area contributed by atoms with Crippen LogP contribution in [-0.2, 0) is 11.3 Å². The van der Waals surface area contributed by atoms with E-state index in [1.165, 1.54) is 37.7 Å².